The summed E-state index contributed by atoms with van der Waals surface area (Å²) in [6.07, 6.45) is 6.27. The molecule has 1 aromatic heterocycles. The molecule has 1 nitrogen and oxygen atoms in total. The first-order valence-electron chi connectivity index (χ1n) is 8.15. The summed E-state index contributed by atoms with van der Waals surface area (Å²) < 4.78 is 0. The van der Waals surface area contributed by atoms with Crippen molar-refractivity contribution in [3.63, 3.8) is 0 Å². The molecule has 22 heavy (non-hydrogen) atoms. The van der Waals surface area contributed by atoms with Crippen LogP contribution in [0.1, 0.15) is 38.2 Å². The van der Waals surface area contributed by atoms with Crippen molar-refractivity contribution in [1.82, 2.24) is 4.98 Å². The van der Waals surface area contributed by atoms with Crippen molar-refractivity contribution >= 4 is 22.5 Å². The normalized spacial score (nSPS) is 11.2. The molecule has 0 bridgehead atoms. The number of unbranched alkanes of at least 4 members (excludes halogenated alkanes) is 3. The number of para-hydroxylation sites is 1. The molecule has 0 amide bonds. The van der Waals surface area contributed by atoms with Crippen LogP contribution < -0.4 is 0 Å². The molecule has 0 unspecified atom stereocenters. The zero-order chi connectivity index (χ0) is 15.4. The second-order valence-electron chi connectivity index (χ2n) is 5.84. The molecular formula is C20H22ClN. The minimum absolute atomic E-state index is 0.782. The van der Waals surface area contributed by atoms with E-state index >= 15 is 0 Å². The number of rotatable bonds is 6. The fraction of sp³-hybridized carbons (Fsp3) is 0.300. The van der Waals surface area contributed by atoms with E-state index in [0.717, 1.165) is 11.4 Å². The van der Waals surface area contributed by atoms with E-state index in [2.05, 4.69) is 48.3 Å². The van der Waals surface area contributed by atoms with Gasteiger partial charge in [0.25, 0.3) is 0 Å². The fourth-order valence-corrected chi connectivity index (χ4v) is 3.18. The van der Waals surface area contributed by atoms with Gasteiger partial charge in [-0.1, -0.05) is 68.1 Å². The van der Waals surface area contributed by atoms with Gasteiger partial charge in [0.1, 0.15) is 0 Å². The second kappa shape index (κ2) is 7.02. The molecule has 0 saturated heterocycles. The quantitative estimate of drug-likeness (QED) is 0.493. The fourth-order valence-electron chi connectivity index (χ4n) is 3.05. The predicted molar refractivity (Wildman–Crippen MR) is 96.6 cm³/mol. The SMILES string of the molecule is CCCCCCc1c(-c2ccc(Cl)cc2)[nH]c2ccccc12. The van der Waals surface area contributed by atoms with Crippen molar-refractivity contribution in [2.24, 2.45) is 0 Å². The van der Waals surface area contributed by atoms with Crippen molar-refractivity contribution in [2.75, 3.05) is 0 Å². The van der Waals surface area contributed by atoms with Crippen LogP contribution in [0.15, 0.2) is 48.5 Å². The maximum absolute atomic E-state index is 6.03. The lowest BCUT2D eigenvalue weighted by Crippen LogP contribution is -1.89. The highest BCUT2D eigenvalue weighted by atomic mass is 35.5. The van der Waals surface area contributed by atoms with Crippen LogP contribution in [-0.4, -0.2) is 4.98 Å². The molecule has 0 spiro atoms. The smallest absolute Gasteiger partial charge is 0.0497 e. The number of hydrogen-bond acceptors (Lipinski definition) is 0. The molecule has 0 fully saturated rings. The molecule has 0 atom stereocenters. The van der Waals surface area contributed by atoms with Crippen LogP contribution in [0.4, 0.5) is 0 Å². The second-order valence-corrected chi connectivity index (χ2v) is 6.28. The zero-order valence-electron chi connectivity index (χ0n) is 13.0. The first kappa shape index (κ1) is 15.2. The summed E-state index contributed by atoms with van der Waals surface area (Å²) in [7, 11) is 0. The lowest BCUT2D eigenvalue weighted by molar-refractivity contribution is 0.668. The number of nitrogens with one attached hydrogen (secondary N) is 1. The maximum atomic E-state index is 6.03. The molecule has 2 aromatic carbocycles. The molecule has 0 radical (unpaired) electrons. The average Bonchev–Trinajstić information content (AvgIpc) is 2.91. The first-order valence-corrected chi connectivity index (χ1v) is 8.53. The minimum atomic E-state index is 0.782. The van der Waals surface area contributed by atoms with E-state index in [1.54, 1.807) is 0 Å². The third kappa shape index (κ3) is 3.20. The van der Waals surface area contributed by atoms with Crippen LogP contribution in [0, 0.1) is 0 Å². The number of H-pyrrole nitrogens is 1. The van der Waals surface area contributed by atoms with Crippen LogP contribution in [0.3, 0.4) is 0 Å². The summed E-state index contributed by atoms with van der Waals surface area (Å²) in [5.74, 6) is 0. The Morgan fingerprint density at radius 2 is 1.68 bits per heavy atom. The number of aryl methyl sites for hydroxylation is 1. The van der Waals surface area contributed by atoms with E-state index in [1.807, 2.05) is 12.1 Å². The van der Waals surface area contributed by atoms with Crippen molar-refractivity contribution < 1.29 is 0 Å². The molecule has 0 saturated carbocycles. The molecule has 114 valence electrons. The number of aromatic amines is 1. The number of halogens is 1. The topological polar surface area (TPSA) is 15.8 Å². The standard InChI is InChI=1S/C20H22ClN/c1-2-3-4-5-9-18-17-8-6-7-10-19(17)22-20(18)15-11-13-16(21)14-12-15/h6-8,10-14,22H,2-5,9H2,1H3. The third-order valence-electron chi connectivity index (χ3n) is 4.23. The largest absolute Gasteiger partial charge is 0.354 e. The molecule has 0 aliphatic rings. The van der Waals surface area contributed by atoms with Gasteiger partial charge in [-0.2, -0.15) is 0 Å². The van der Waals surface area contributed by atoms with Gasteiger partial charge in [-0.05, 0) is 42.2 Å². The van der Waals surface area contributed by atoms with E-state index < -0.39 is 0 Å². The summed E-state index contributed by atoms with van der Waals surface area (Å²) >= 11 is 6.03. The predicted octanol–water partition coefficient (Wildman–Crippen LogP) is 6.61. The molecule has 3 rings (SSSR count). The molecule has 0 aliphatic carbocycles. The van der Waals surface area contributed by atoms with E-state index in [1.165, 1.54) is 53.4 Å². The minimum Gasteiger partial charge on any atom is -0.354 e. The maximum Gasteiger partial charge on any atom is 0.0497 e. The van der Waals surface area contributed by atoms with Gasteiger partial charge in [-0.15, -0.1) is 0 Å². The van der Waals surface area contributed by atoms with Crippen molar-refractivity contribution in [1.29, 1.82) is 0 Å². The van der Waals surface area contributed by atoms with Gasteiger partial charge in [0, 0.05) is 21.6 Å². The highest BCUT2D eigenvalue weighted by Gasteiger charge is 2.12. The van der Waals surface area contributed by atoms with E-state index in [4.69, 9.17) is 11.6 Å². The number of hydrogen-bond donors (Lipinski definition) is 1. The Labute approximate surface area is 137 Å². The summed E-state index contributed by atoms with van der Waals surface area (Å²) in [4.78, 5) is 3.60. The highest BCUT2D eigenvalue weighted by Crippen LogP contribution is 2.32. The van der Waals surface area contributed by atoms with Gasteiger partial charge >= 0.3 is 0 Å². The summed E-state index contributed by atoms with van der Waals surface area (Å²) in [5.41, 5.74) is 5.12. The summed E-state index contributed by atoms with van der Waals surface area (Å²) in [6, 6.07) is 16.7. The lowest BCUT2D eigenvalue weighted by atomic mass is 9.99. The number of benzene rings is 2. The van der Waals surface area contributed by atoms with Crippen LogP contribution in [-0.2, 0) is 6.42 Å². The number of aromatic nitrogens is 1. The Bertz CT molecular complexity index is 740. The van der Waals surface area contributed by atoms with Crippen molar-refractivity contribution in [3.05, 3.63) is 59.1 Å². The van der Waals surface area contributed by atoms with Gasteiger partial charge in [0.2, 0.25) is 0 Å². The van der Waals surface area contributed by atoms with Crippen molar-refractivity contribution in [2.45, 2.75) is 39.0 Å². The molecular weight excluding hydrogens is 290 g/mol. The Morgan fingerprint density at radius 3 is 2.45 bits per heavy atom. The molecule has 0 aliphatic heterocycles. The van der Waals surface area contributed by atoms with Crippen LogP contribution in [0.25, 0.3) is 22.2 Å². The average molecular weight is 312 g/mol. The van der Waals surface area contributed by atoms with Crippen LogP contribution in [0.5, 0.6) is 0 Å². The van der Waals surface area contributed by atoms with E-state index in [9.17, 15) is 0 Å². The highest BCUT2D eigenvalue weighted by molar-refractivity contribution is 6.30. The number of fused-ring (bicyclic) bond motifs is 1. The third-order valence-corrected chi connectivity index (χ3v) is 4.48. The summed E-state index contributed by atoms with van der Waals surface area (Å²) in [5, 5.41) is 2.13. The molecule has 2 heteroatoms. The van der Waals surface area contributed by atoms with E-state index in [0.29, 0.717) is 0 Å². The Morgan fingerprint density at radius 1 is 0.909 bits per heavy atom. The van der Waals surface area contributed by atoms with Gasteiger partial charge < -0.3 is 4.98 Å². The molecule has 3 aromatic rings. The van der Waals surface area contributed by atoms with Gasteiger partial charge in [0.05, 0.1) is 0 Å². The lowest BCUT2D eigenvalue weighted by Gasteiger charge is -2.06. The zero-order valence-corrected chi connectivity index (χ0v) is 13.8. The summed E-state index contributed by atoms with van der Waals surface area (Å²) in [6.45, 7) is 2.25. The monoisotopic (exact) mass is 311 g/mol. The van der Waals surface area contributed by atoms with Gasteiger partial charge in [-0.25, -0.2) is 0 Å². The Kier molecular flexibility index (Phi) is 4.84. The van der Waals surface area contributed by atoms with Gasteiger partial charge in [-0.3, -0.25) is 0 Å². The Balaban J connectivity index is 1.98. The Hall–Kier alpha value is -1.73. The van der Waals surface area contributed by atoms with Crippen LogP contribution >= 0.6 is 11.6 Å². The van der Waals surface area contributed by atoms with Gasteiger partial charge in [0.15, 0.2) is 0 Å². The van der Waals surface area contributed by atoms with Crippen LogP contribution in [0.2, 0.25) is 5.02 Å². The first-order chi connectivity index (χ1) is 10.8. The molecule has 1 heterocycles. The van der Waals surface area contributed by atoms with Crippen molar-refractivity contribution in [3.8, 4) is 11.3 Å². The molecule has 1 N–H and O–H groups in total. The van der Waals surface area contributed by atoms with E-state index in [-0.39, 0.29) is 0 Å².